The monoisotopic (exact) mass is 526 g/mol. The molecular weight excluding hydrogens is 462 g/mol. The summed E-state index contributed by atoms with van der Waals surface area (Å²) in [5.41, 5.74) is 0. The van der Waals surface area contributed by atoms with Gasteiger partial charge in [0.05, 0.1) is 27.6 Å². The molecule has 0 aromatic heterocycles. The summed E-state index contributed by atoms with van der Waals surface area (Å²) in [5.74, 6) is -0.287. The quantitative estimate of drug-likeness (QED) is 0.0659. The van der Waals surface area contributed by atoms with Crippen molar-refractivity contribution in [3.05, 3.63) is 0 Å². The number of carboxylic acids is 1. The number of rotatable bonds is 27. The molecule has 0 bridgehead atoms. The molecule has 0 heterocycles. The van der Waals surface area contributed by atoms with Crippen molar-refractivity contribution in [2.45, 2.75) is 161 Å². The first kappa shape index (κ1) is 35.9. The van der Waals surface area contributed by atoms with Crippen LogP contribution in [-0.4, -0.2) is 55.3 Å². The molecule has 0 saturated heterocycles. The van der Waals surface area contributed by atoms with E-state index in [4.69, 9.17) is 9.84 Å². The number of esters is 1. The molecule has 2 atom stereocenters. The zero-order valence-corrected chi connectivity index (χ0v) is 25.5. The van der Waals surface area contributed by atoms with Crippen LogP contribution < -0.4 is 0 Å². The Morgan fingerprint density at radius 1 is 0.676 bits per heavy atom. The van der Waals surface area contributed by atoms with Crippen LogP contribution in [0.5, 0.6) is 0 Å². The van der Waals surface area contributed by atoms with Crippen LogP contribution in [-0.2, 0) is 14.3 Å². The molecule has 1 N–H and O–H groups in total. The Bertz CT molecular complexity index is 543. The summed E-state index contributed by atoms with van der Waals surface area (Å²) in [7, 11) is 5.92. The molecule has 0 rings (SSSR count). The van der Waals surface area contributed by atoms with Crippen LogP contribution in [0.3, 0.4) is 0 Å². The summed E-state index contributed by atoms with van der Waals surface area (Å²) >= 11 is 0. The number of carbonyl (C=O) groups is 2. The predicted molar refractivity (Wildman–Crippen MR) is 157 cm³/mol. The number of hydrogen-bond acceptors (Lipinski definition) is 3. The second-order valence-electron chi connectivity index (χ2n) is 12.6. The highest BCUT2D eigenvalue weighted by atomic mass is 16.5. The molecule has 0 aliphatic carbocycles. The third kappa shape index (κ3) is 27.7. The SMILES string of the molecule is CCCCCCCCCCCC(C)CCCCCCCCCCCC(=O)OC(CC(=O)O)C[N+](C)(C)C. The first-order valence-electron chi connectivity index (χ1n) is 15.9. The number of ether oxygens (including phenoxy) is 1. The van der Waals surface area contributed by atoms with Crippen molar-refractivity contribution in [3.8, 4) is 0 Å². The van der Waals surface area contributed by atoms with E-state index in [0.717, 1.165) is 18.8 Å². The average molecular weight is 527 g/mol. The molecule has 0 saturated carbocycles. The minimum absolute atomic E-state index is 0.126. The Kier molecular flexibility index (Phi) is 23.3. The van der Waals surface area contributed by atoms with Gasteiger partial charge in [-0.15, -0.1) is 0 Å². The summed E-state index contributed by atoms with van der Waals surface area (Å²) in [6.07, 6.45) is 26.4. The van der Waals surface area contributed by atoms with Gasteiger partial charge >= 0.3 is 11.9 Å². The van der Waals surface area contributed by atoms with E-state index >= 15 is 0 Å². The topological polar surface area (TPSA) is 63.6 Å². The van der Waals surface area contributed by atoms with Gasteiger partial charge in [0.15, 0.2) is 6.10 Å². The molecule has 0 fully saturated rings. The number of quaternary nitrogens is 1. The van der Waals surface area contributed by atoms with Gasteiger partial charge in [0.25, 0.3) is 0 Å². The fourth-order valence-corrected chi connectivity index (χ4v) is 5.14. The first-order chi connectivity index (χ1) is 17.6. The summed E-state index contributed by atoms with van der Waals surface area (Å²) in [4.78, 5) is 23.2. The lowest BCUT2D eigenvalue weighted by atomic mass is 9.95. The Labute approximate surface area is 230 Å². The van der Waals surface area contributed by atoms with Gasteiger partial charge in [-0.25, -0.2) is 0 Å². The molecule has 0 aliphatic rings. The van der Waals surface area contributed by atoms with Crippen molar-refractivity contribution in [3.63, 3.8) is 0 Å². The zero-order valence-electron chi connectivity index (χ0n) is 25.5. The number of likely N-dealkylation sites (N-methyl/N-ethyl adjacent to an activating group) is 1. The minimum atomic E-state index is -0.921. The lowest BCUT2D eigenvalue weighted by Gasteiger charge is -2.28. The van der Waals surface area contributed by atoms with Crippen molar-refractivity contribution < 1.29 is 23.9 Å². The van der Waals surface area contributed by atoms with E-state index in [1.54, 1.807) is 0 Å². The maximum Gasteiger partial charge on any atom is 0.307 e. The van der Waals surface area contributed by atoms with Crippen molar-refractivity contribution in [1.29, 1.82) is 0 Å². The van der Waals surface area contributed by atoms with Crippen LogP contribution >= 0.6 is 0 Å². The predicted octanol–water partition coefficient (Wildman–Crippen LogP) is 8.93. The van der Waals surface area contributed by atoms with Gasteiger partial charge < -0.3 is 14.3 Å². The Hall–Kier alpha value is -1.10. The minimum Gasteiger partial charge on any atom is -0.481 e. The molecule has 5 nitrogen and oxygen atoms in total. The summed E-state index contributed by atoms with van der Waals surface area (Å²) in [5, 5.41) is 9.06. The third-order valence-corrected chi connectivity index (χ3v) is 7.33. The first-order valence-corrected chi connectivity index (χ1v) is 15.9. The Morgan fingerprint density at radius 3 is 1.49 bits per heavy atom. The number of carboxylic acid groups (broad SMARTS) is 1. The molecule has 220 valence electrons. The molecule has 0 aliphatic heterocycles. The van der Waals surface area contributed by atoms with Crippen LogP contribution in [0.4, 0.5) is 0 Å². The molecule has 0 aromatic carbocycles. The van der Waals surface area contributed by atoms with E-state index in [9.17, 15) is 9.59 Å². The molecular formula is C32H64NO4+. The van der Waals surface area contributed by atoms with Gasteiger partial charge in [-0.3, -0.25) is 9.59 Å². The Balaban J connectivity index is 3.52. The fourth-order valence-electron chi connectivity index (χ4n) is 5.14. The molecule has 37 heavy (non-hydrogen) atoms. The van der Waals surface area contributed by atoms with Gasteiger partial charge in [-0.1, -0.05) is 136 Å². The molecule has 0 spiro atoms. The van der Waals surface area contributed by atoms with E-state index in [1.807, 2.05) is 21.1 Å². The summed E-state index contributed by atoms with van der Waals surface area (Å²) < 4.78 is 6.03. The Morgan fingerprint density at radius 2 is 1.08 bits per heavy atom. The van der Waals surface area contributed by atoms with Crippen molar-refractivity contribution in [2.75, 3.05) is 27.7 Å². The third-order valence-electron chi connectivity index (χ3n) is 7.33. The second kappa shape index (κ2) is 24.0. The van der Waals surface area contributed by atoms with E-state index in [1.165, 1.54) is 116 Å². The number of aliphatic carboxylic acids is 1. The van der Waals surface area contributed by atoms with Crippen molar-refractivity contribution in [1.82, 2.24) is 0 Å². The van der Waals surface area contributed by atoms with Crippen LogP contribution in [0.15, 0.2) is 0 Å². The lowest BCUT2D eigenvalue weighted by Crippen LogP contribution is -2.43. The number of carbonyl (C=O) groups excluding carboxylic acids is 1. The zero-order chi connectivity index (χ0) is 27.8. The van der Waals surface area contributed by atoms with E-state index in [2.05, 4.69) is 13.8 Å². The van der Waals surface area contributed by atoms with Crippen LogP contribution in [0.2, 0.25) is 0 Å². The number of unbranched alkanes of at least 4 members (excludes halogenated alkanes) is 16. The van der Waals surface area contributed by atoms with E-state index in [-0.39, 0.29) is 12.4 Å². The van der Waals surface area contributed by atoms with Crippen LogP contribution in [0.1, 0.15) is 155 Å². The molecule has 5 heteroatoms. The van der Waals surface area contributed by atoms with Crippen LogP contribution in [0, 0.1) is 5.92 Å². The highest BCUT2D eigenvalue weighted by molar-refractivity contribution is 5.71. The second-order valence-corrected chi connectivity index (χ2v) is 12.6. The van der Waals surface area contributed by atoms with Gasteiger partial charge in [0.1, 0.15) is 6.54 Å². The number of hydrogen-bond donors (Lipinski definition) is 1. The molecule has 0 radical (unpaired) electrons. The van der Waals surface area contributed by atoms with Gasteiger partial charge in [0.2, 0.25) is 0 Å². The van der Waals surface area contributed by atoms with Crippen molar-refractivity contribution in [2.24, 2.45) is 5.92 Å². The normalized spacial score (nSPS) is 13.4. The van der Waals surface area contributed by atoms with E-state index in [0.29, 0.717) is 17.4 Å². The maximum absolute atomic E-state index is 12.1. The summed E-state index contributed by atoms with van der Waals surface area (Å²) in [6.45, 7) is 5.24. The van der Waals surface area contributed by atoms with Crippen molar-refractivity contribution >= 4 is 11.9 Å². The smallest absolute Gasteiger partial charge is 0.307 e. The summed E-state index contributed by atoms with van der Waals surface area (Å²) in [6, 6.07) is 0. The standard InChI is InChI=1S/C32H63NO4/c1-6-7-8-9-10-12-15-18-21-24-29(2)25-22-19-16-13-11-14-17-20-23-26-32(36)37-30(27-31(34)35)28-33(3,4)5/h29-30H,6-28H2,1-5H3/p+1. The lowest BCUT2D eigenvalue weighted by molar-refractivity contribution is -0.873. The molecule has 0 aromatic rings. The van der Waals surface area contributed by atoms with E-state index < -0.39 is 12.1 Å². The largest absolute Gasteiger partial charge is 0.481 e. The number of nitrogens with zero attached hydrogens (tertiary/aromatic N) is 1. The average Bonchev–Trinajstić information content (AvgIpc) is 2.79. The maximum atomic E-state index is 12.1. The highest BCUT2D eigenvalue weighted by Crippen LogP contribution is 2.19. The molecule has 2 unspecified atom stereocenters. The van der Waals surface area contributed by atoms with Gasteiger partial charge in [0, 0.05) is 6.42 Å². The fraction of sp³-hybridized carbons (Fsp3) is 0.938. The van der Waals surface area contributed by atoms with Crippen LogP contribution in [0.25, 0.3) is 0 Å². The molecule has 0 amide bonds. The van der Waals surface area contributed by atoms with Gasteiger partial charge in [-0.2, -0.15) is 0 Å². The van der Waals surface area contributed by atoms with Gasteiger partial charge in [-0.05, 0) is 12.3 Å². The highest BCUT2D eigenvalue weighted by Gasteiger charge is 2.24.